The zero-order valence-electron chi connectivity index (χ0n) is 35.1. The molecule has 1 saturated heterocycles. The summed E-state index contributed by atoms with van der Waals surface area (Å²) in [5.41, 5.74) is 0.905. The molecule has 302 valence electrons. The van der Waals surface area contributed by atoms with Crippen molar-refractivity contribution >= 4 is 23.5 Å². The summed E-state index contributed by atoms with van der Waals surface area (Å²) in [5, 5.41) is 12.0. The van der Waals surface area contributed by atoms with Gasteiger partial charge in [0.1, 0.15) is 28.4 Å². The number of unbranched alkanes of at least 4 members (excludes halogenated alkanes) is 1. The molecule has 2 fully saturated rings. The van der Waals surface area contributed by atoms with E-state index >= 15 is 4.79 Å². The number of ketones is 2. The number of phenols is 1. The van der Waals surface area contributed by atoms with Crippen LogP contribution >= 0.6 is 0 Å². The normalized spacial score (nSPS) is 27.4. The summed E-state index contributed by atoms with van der Waals surface area (Å²) in [7, 11) is 1.80. The number of pyridine rings is 1. The van der Waals surface area contributed by atoms with Crippen molar-refractivity contribution in [2.45, 2.75) is 129 Å². The van der Waals surface area contributed by atoms with Crippen LogP contribution in [0.4, 0.5) is 0 Å². The Balaban J connectivity index is 1.26. The number of aromatic nitrogens is 1. The van der Waals surface area contributed by atoms with Gasteiger partial charge in [-0.15, -0.1) is 0 Å². The second-order valence-corrected chi connectivity index (χ2v) is 18.0. The molecule has 1 amide bonds. The van der Waals surface area contributed by atoms with Crippen molar-refractivity contribution in [2.75, 3.05) is 13.6 Å². The lowest BCUT2D eigenvalue weighted by Crippen LogP contribution is -2.72. The van der Waals surface area contributed by atoms with Crippen molar-refractivity contribution in [3.63, 3.8) is 0 Å². The minimum Gasteiger partial charge on any atom is -0.506 e. The average molecular weight is 775 g/mol. The van der Waals surface area contributed by atoms with E-state index in [0.717, 1.165) is 31.3 Å². The fraction of sp³-hybridized carbons (Fsp3) is 0.500. The van der Waals surface area contributed by atoms with Crippen LogP contribution in [0.1, 0.15) is 121 Å². The van der Waals surface area contributed by atoms with E-state index in [1.54, 1.807) is 37.2 Å². The zero-order valence-corrected chi connectivity index (χ0v) is 35.1. The monoisotopic (exact) mass is 774 g/mol. The quantitative estimate of drug-likeness (QED) is 0.122. The van der Waals surface area contributed by atoms with E-state index in [1.807, 2.05) is 59.0 Å². The Hall–Kier alpha value is -4.76. The Bertz CT molecular complexity index is 2150. The van der Waals surface area contributed by atoms with Crippen LogP contribution in [0.25, 0.3) is 6.08 Å². The molecule has 5 unspecified atom stereocenters. The second-order valence-electron chi connectivity index (χ2n) is 18.0. The maximum Gasteiger partial charge on any atom is 0.248 e. The van der Waals surface area contributed by atoms with Crippen LogP contribution in [-0.2, 0) is 27.2 Å². The molecular weight excluding hydrogens is 717 g/mol. The predicted octanol–water partition coefficient (Wildman–Crippen LogP) is 9.03. The number of ether oxygens (including phenoxy) is 3. The Morgan fingerprint density at radius 1 is 1.02 bits per heavy atom. The van der Waals surface area contributed by atoms with E-state index < -0.39 is 28.3 Å². The van der Waals surface area contributed by atoms with E-state index in [2.05, 4.69) is 37.0 Å². The van der Waals surface area contributed by atoms with E-state index in [9.17, 15) is 14.7 Å². The van der Waals surface area contributed by atoms with E-state index in [1.165, 1.54) is 11.1 Å². The first kappa shape index (κ1) is 40.4. The first-order valence-electron chi connectivity index (χ1n) is 20.5. The summed E-state index contributed by atoms with van der Waals surface area (Å²) >= 11 is 0. The van der Waals surface area contributed by atoms with Gasteiger partial charge in [-0.05, 0) is 124 Å². The molecule has 1 aromatic carbocycles. The maximum atomic E-state index is 15.1. The average Bonchev–Trinajstić information content (AvgIpc) is 3.31. The van der Waals surface area contributed by atoms with Gasteiger partial charge in [-0.25, -0.2) is 0 Å². The van der Waals surface area contributed by atoms with Crippen molar-refractivity contribution in [1.82, 2.24) is 9.88 Å². The Morgan fingerprint density at radius 2 is 1.77 bits per heavy atom. The van der Waals surface area contributed by atoms with E-state index in [0.29, 0.717) is 53.8 Å². The molecule has 1 saturated carbocycles. The number of phenolic OH excluding ortho intramolecular Hbond substituents is 1. The van der Waals surface area contributed by atoms with Gasteiger partial charge >= 0.3 is 0 Å². The van der Waals surface area contributed by atoms with Gasteiger partial charge in [0.25, 0.3) is 0 Å². The summed E-state index contributed by atoms with van der Waals surface area (Å²) in [6, 6.07) is 3.99. The van der Waals surface area contributed by atoms with Crippen molar-refractivity contribution < 1.29 is 33.7 Å². The van der Waals surface area contributed by atoms with Crippen LogP contribution in [0.15, 0.2) is 77.2 Å². The molecule has 9 nitrogen and oxygen atoms in total. The first-order chi connectivity index (χ1) is 26.9. The minimum absolute atomic E-state index is 0.0521. The number of amides is 1. The third kappa shape index (κ3) is 6.79. The topological polar surface area (TPSA) is 115 Å². The zero-order chi connectivity index (χ0) is 41.1. The number of Topliss-reactive ketones (excluding diaryl/α,β-unsaturated/α-hetero) is 2. The van der Waals surface area contributed by atoms with Crippen molar-refractivity contribution in [1.29, 1.82) is 0 Å². The number of nitrogens with zero attached hydrogens (tertiary/aromatic N) is 2. The molecule has 9 heteroatoms. The molecule has 5 atom stereocenters. The predicted molar refractivity (Wildman–Crippen MR) is 221 cm³/mol. The van der Waals surface area contributed by atoms with E-state index in [-0.39, 0.29) is 46.9 Å². The molecule has 57 heavy (non-hydrogen) atoms. The molecule has 4 bridgehead atoms. The largest absolute Gasteiger partial charge is 0.506 e. The summed E-state index contributed by atoms with van der Waals surface area (Å²) < 4.78 is 21.1. The highest BCUT2D eigenvalue weighted by molar-refractivity contribution is 6.19. The lowest BCUT2D eigenvalue weighted by molar-refractivity contribution is -0.171. The molecule has 0 radical (unpaired) electrons. The number of rotatable bonds is 13. The fourth-order valence-corrected chi connectivity index (χ4v) is 9.80. The van der Waals surface area contributed by atoms with Crippen LogP contribution in [-0.4, -0.2) is 68.5 Å². The number of aryl methyl sites for hydroxylation is 1. The number of likely N-dealkylation sites (N-methyl/N-ethyl adjacent to an activating group) is 1. The number of carbonyl (C=O) groups excluding carboxylic acids is 3. The Morgan fingerprint density at radius 3 is 2.47 bits per heavy atom. The van der Waals surface area contributed by atoms with Crippen LogP contribution in [0.2, 0.25) is 0 Å². The highest BCUT2D eigenvalue weighted by Crippen LogP contribution is 2.68. The highest BCUT2D eigenvalue weighted by atomic mass is 16.6. The van der Waals surface area contributed by atoms with Crippen LogP contribution in [0.5, 0.6) is 17.2 Å². The summed E-state index contributed by atoms with van der Waals surface area (Å²) in [5.74, 6) is -1.05. The molecule has 1 spiro atoms. The number of fused-ring (bicyclic) bond motifs is 2. The van der Waals surface area contributed by atoms with E-state index in [4.69, 9.17) is 14.2 Å². The maximum absolute atomic E-state index is 15.1. The molecule has 6 aliphatic rings. The molecule has 1 N–H and O–H groups in total. The number of allylic oxidation sites excluding steroid dienone is 5. The van der Waals surface area contributed by atoms with Gasteiger partial charge in [-0.2, -0.15) is 0 Å². The molecule has 3 aliphatic carbocycles. The Kier molecular flexibility index (Phi) is 10.6. The molecule has 1 aromatic heterocycles. The van der Waals surface area contributed by atoms with Crippen LogP contribution < -0.4 is 9.47 Å². The minimum atomic E-state index is -1.58. The fourth-order valence-electron chi connectivity index (χ4n) is 9.80. The number of hydrogen-bond donors (Lipinski definition) is 1. The third-order valence-corrected chi connectivity index (χ3v) is 12.8. The number of hydrogen-bond acceptors (Lipinski definition) is 8. The summed E-state index contributed by atoms with van der Waals surface area (Å²) in [6.45, 7) is 16.5. The van der Waals surface area contributed by atoms with Crippen molar-refractivity contribution in [2.24, 2.45) is 11.8 Å². The number of carbonyl (C=O) groups is 3. The first-order valence-corrected chi connectivity index (χ1v) is 20.5. The standard InChI is InChI=1S/C48H58N2O7/c1-29(2)14-12-21-46(8)22-20-34-39(51)38-40(52)36-26-33-27-37-45(6,7)57-47(43(33)53,48(36,37)56-42(38)35(41(34)55-46)18-17-30(3)4)23-19-31(5)44(54)50(9)25-11-10-15-32-16-13-24-49-28-32/h13-14,16-17,19-20,22,24,26,28,33,37,51H,10-12,15,18,21,23,25,27H2,1-9H3/b31-19-. The highest BCUT2D eigenvalue weighted by Gasteiger charge is 2.81. The smallest absolute Gasteiger partial charge is 0.248 e. The van der Waals surface area contributed by atoms with Gasteiger partial charge in [0.15, 0.2) is 22.8 Å². The molecule has 2 aromatic rings. The Labute approximate surface area is 337 Å². The van der Waals surface area contributed by atoms with Gasteiger partial charge in [0.2, 0.25) is 5.91 Å². The lowest BCUT2D eigenvalue weighted by Gasteiger charge is -2.56. The van der Waals surface area contributed by atoms with Crippen LogP contribution in [0, 0.1) is 11.8 Å². The molecular formula is C48H58N2O7. The lowest BCUT2D eigenvalue weighted by atomic mass is 9.51. The number of aromatic hydroxyl groups is 1. The van der Waals surface area contributed by atoms with Crippen LogP contribution in [0.3, 0.4) is 0 Å². The van der Waals surface area contributed by atoms with Gasteiger partial charge < -0.3 is 24.2 Å². The van der Waals surface area contributed by atoms with Gasteiger partial charge in [-0.3, -0.25) is 19.4 Å². The molecule has 3 aliphatic heterocycles. The van der Waals surface area contributed by atoms with Gasteiger partial charge in [0, 0.05) is 61.0 Å². The van der Waals surface area contributed by atoms with Gasteiger partial charge in [-0.1, -0.05) is 41.5 Å². The molecule has 8 rings (SSSR count). The van der Waals surface area contributed by atoms with Crippen molar-refractivity contribution in [3.05, 3.63) is 99.5 Å². The van der Waals surface area contributed by atoms with Gasteiger partial charge in [0.05, 0.1) is 11.2 Å². The molecule has 4 heterocycles. The number of benzene rings is 1. The second kappa shape index (κ2) is 14.9. The third-order valence-electron chi connectivity index (χ3n) is 12.8. The summed E-state index contributed by atoms with van der Waals surface area (Å²) in [6.07, 6.45) is 20.3. The summed E-state index contributed by atoms with van der Waals surface area (Å²) in [4.78, 5) is 49.5. The SMILES string of the molecule is CC(C)=CCCC1(C)C=Cc2c(O)c3c(c(CC=C(C)C)c2O1)OC12C(=CC4CC1C(C)(C)OC2(C/C=C(/C)C(=O)N(C)CCCCc1cccnc1)C4=O)C3=O. The van der Waals surface area contributed by atoms with Crippen molar-refractivity contribution in [3.8, 4) is 17.2 Å².